The quantitative estimate of drug-likeness (QED) is 0.645. The first-order chi connectivity index (χ1) is 10.8. The summed E-state index contributed by atoms with van der Waals surface area (Å²) < 4.78 is 53.8. The number of carbonyl (C=O) groups excluding carboxylic acids is 1. The molecule has 23 heavy (non-hydrogen) atoms. The Morgan fingerprint density at radius 1 is 1.22 bits per heavy atom. The highest BCUT2D eigenvalue weighted by atomic mass is 32.2. The second-order valence-corrected chi connectivity index (χ2v) is 5.00. The number of nitrogens with zero attached hydrogens (tertiary/aromatic N) is 1. The minimum absolute atomic E-state index is 0.0842. The van der Waals surface area contributed by atoms with Crippen LogP contribution in [-0.2, 0) is 6.18 Å². The van der Waals surface area contributed by atoms with E-state index in [1.54, 1.807) is 6.26 Å². The zero-order valence-electron chi connectivity index (χ0n) is 11.7. The second-order valence-electron chi connectivity index (χ2n) is 4.39. The van der Waals surface area contributed by atoms with Crippen LogP contribution in [0.25, 0.3) is 0 Å². The van der Waals surface area contributed by atoms with E-state index in [9.17, 15) is 22.4 Å². The van der Waals surface area contributed by atoms with Crippen LogP contribution in [0.4, 0.5) is 29.1 Å². The molecular formula is C14H11F4N3OS. The van der Waals surface area contributed by atoms with E-state index in [0.29, 0.717) is 6.20 Å². The lowest BCUT2D eigenvalue weighted by Gasteiger charge is -2.14. The van der Waals surface area contributed by atoms with E-state index in [2.05, 4.69) is 15.0 Å². The molecule has 1 amide bonds. The van der Waals surface area contributed by atoms with Crippen LogP contribution in [0.2, 0.25) is 0 Å². The molecule has 2 rings (SSSR count). The highest BCUT2D eigenvalue weighted by Gasteiger charge is 2.32. The van der Waals surface area contributed by atoms with Crippen molar-refractivity contribution < 1.29 is 22.4 Å². The second kappa shape index (κ2) is 6.86. The zero-order valence-corrected chi connectivity index (χ0v) is 12.6. The number of rotatable bonds is 4. The fourth-order valence-electron chi connectivity index (χ4n) is 1.69. The van der Waals surface area contributed by atoms with Gasteiger partial charge in [-0.2, -0.15) is 13.2 Å². The molecule has 0 bridgehead atoms. The van der Waals surface area contributed by atoms with Crippen molar-refractivity contribution in [2.45, 2.75) is 6.18 Å². The van der Waals surface area contributed by atoms with Gasteiger partial charge in [0.05, 0.1) is 11.3 Å². The minimum Gasteiger partial charge on any atom is -0.319 e. The number of halogens is 4. The first-order valence-electron chi connectivity index (χ1n) is 6.24. The van der Waals surface area contributed by atoms with E-state index in [1.165, 1.54) is 12.1 Å². The van der Waals surface area contributed by atoms with Crippen LogP contribution in [0.1, 0.15) is 15.9 Å². The van der Waals surface area contributed by atoms with Gasteiger partial charge in [-0.05, 0) is 30.3 Å². The Labute approximate surface area is 133 Å². The van der Waals surface area contributed by atoms with E-state index >= 15 is 0 Å². The van der Waals surface area contributed by atoms with Crippen molar-refractivity contribution in [3.63, 3.8) is 0 Å². The summed E-state index contributed by atoms with van der Waals surface area (Å²) in [5.74, 6) is -1.11. The van der Waals surface area contributed by atoms with Crippen molar-refractivity contribution in [1.82, 2.24) is 4.98 Å². The molecule has 0 fully saturated rings. The number of benzene rings is 1. The van der Waals surface area contributed by atoms with Gasteiger partial charge in [-0.25, -0.2) is 9.37 Å². The van der Waals surface area contributed by atoms with Crippen molar-refractivity contribution >= 4 is 29.4 Å². The van der Waals surface area contributed by atoms with Crippen LogP contribution in [-0.4, -0.2) is 17.1 Å². The standard InChI is InChI=1S/C14H11F4N3OS/c1-23-21-12-11(6-9(7-19-12)14(16,17)18)20-13(22)8-2-4-10(15)5-3-8/h2-7H,1H3,(H,19,21)(H,20,22). The van der Waals surface area contributed by atoms with Crippen LogP contribution >= 0.6 is 11.9 Å². The number of amides is 1. The van der Waals surface area contributed by atoms with Gasteiger partial charge in [-0.1, -0.05) is 11.9 Å². The van der Waals surface area contributed by atoms with Gasteiger partial charge in [0.15, 0.2) is 5.82 Å². The van der Waals surface area contributed by atoms with Crippen LogP contribution < -0.4 is 10.0 Å². The molecule has 0 aliphatic carbocycles. The molecule has 122 valence electrons. The van der Waals surface area contributed by atoms with Gasteiger partial charge in [0.25, 0.3) is 5.91 Å². The zero-order chi connectivity index (χ0) is 17.0. The number of hydrogen-bond acceptors (Lipinski definition) is 4. The van der Waals surface area contributed by atoms with Gasteiger partial charge >= 0.3 is 6.18 Å². The Morgan fingerprint density at radius 3 is 2.43 bits per heavy atom. The molecule has 1 heterocycles. The van der Waals surface area contributed by atoms with Gasteiger partial charge in [-0.15, -0.1) is 0 Å². The normalized spacial score (nSPS) is 11.2. The van der Waals surface area contributed by atoms with E-state index in [1.807, 2.05) is 0 Å². The Balaban J connectivity index is 2.32. The van der Waals surface area contributed by atoms with Gasteiger partial charge in [0.2, 0.25) is 0 Å². The molecule has 1 aromatic carbocycles. The smallest absolute Gasteiger partial charge is 0.319 e. The molecule has 0 atom stereocenters. The predicted octanol–water partition coefficient (Wildman–Crippen LogP) is 4.18. The van der Waals surface area contributed by atoms with Crippen LogP contribution in [0, 0.1) is 5.82 Å². The average Bonchev–Trinajstić information content (AvgIpc) is 2.48. The minimum atomic E-state index is -4.58. The third kappa shape index (κ3) is 4.35. The topological polar surface area (TPSA) is 54.0 Å². The van der Waals surface area contributed by atoms with Crippen molar-refractivity contribution in [2.75, 3.05) is 16.3 Å². The number of hydrogen-bond donors (Lipinski definition) is 2. The highest BCUT2D eigenvalue weighted by molar-refractivity contribution is 7.99. The highest BCUT2D eigenvalue weighted by Crippen LogP contribution is 2.33. The molecule has 2 N–H and O–H groups in total. The summed E-state index contributed by atoms with van der Waals surface area (Å²) >= 11 is 1.11. The molecule has 0 radical (unpaired) electrons. The molecule has 0 unspecified atom stereocenters. The predicted molar refractivity (Wildman–Crippen MR) is 80.7 cm³/mol. The molecule has 0 saturated carbocycles. The van der Waals surface area contributed by atoms with Crippen molar-refractivity contribution in [3.05, 3.63) is 53.5 Å². The number of carbonyl (C=O) groups is 1. The molecule has 1 aromatic heterocycles. The summed E-state index contributed by atoms with van der Waals surface area (Å²) in [6, 6.07) is 5.41. The third-order valence-corrected chi connectivity index (χ3v) is 3.17. The molecule has 0 saturated heterocycles. The summed E-state index contributed by atoms with van der Waals surface area (Å²) in [5.41, 5.74) is -0.999. The Hall–Kier alpha value is -2.29. The van der Waals surface area contributed by atoms with E-state index in [-0.39, 0.29) is 17.1 Å². The fourth-order valence-corrected chi connectivity index (χ4v) is 2.04. The third-order valence-electron chi connectivity index (χ3n) is 2.77. The van der Waals surface area contributed by atoms with E-state index in [4.69, 9.17) is 0 Å². The van der Waals surface area contributed by atoms with Gasteiger partial charge in [0.1, 0.15) is 5.82 Å². The molecular weight excluding hydrogens is 334 g/mol. The number of pyridine rings is 1. The maximum absolute atomic E-state index is 12.8. The molecule has 0 aliphatic rings. The number of anilines is 2. The van der Waals surface area contributed by atoms with E-state index < -0.39 is 23.5 Å². The molecule has 0 spiro atoms. The Morgan fingerprint density at radius 2 is 1.87 bits per heavy atom. The Bertz CT molecular complexity index is 704. The fraction of sp³-hybridized carbons (Fsp3) is 0.143. The van der Waals surface area contributed by atoms with Crippen LogP contribution in [0.5, 0.6) is 0 Å². The summed E-state index contributed by atoms with van der Waals surface area (Å²) in [4.78, 5) is 15.7. The molecule has 4 nitrogen and oxygen atoms in total. The van der Waals surface area contributed by atoms with Crippen molar-refractivity contribution in [2.24, 2.45) is 0 Å². The lowest BCUT2D eigenvalue weighted by molar-refractivity contribution is -0.137. The van der Waals surface area contributed by atoms with Crippen LogP contribution in [0.15, 0.2) is 36.5 Å². The van der Waals surface area contributed by atoms with Crippen molar-refractivity contribution in [3.8, 4) is 0 Å². The van der Waals surface area contributed by atoms with Gasteiger partial charge in [0, 0.05) is 18.0 Å². The lowest BCUT2D eigenvalue weighted by atomic mass is 10.2. The lowest BCUT2D eigenvalue weighted by Crippen LogP contribution is -2.15. The summed E-state index contributed by atoms with van der Waals surface area (Å²) in [7, 11) is 0. The number of aromatic nitrogens is 1. The average molecular weight is 345 g/mol. The number of alkyl halides is 3. The monoisotopic (exact) mass is 345 g/mol. The van der Waals surface area contributed by atoms with E-state index in [0.717, 1.165) is 30.1 Å². The SMILES string of the molecule is CSNc1ncc(C(F)(F)F)cc1NC(=O)c1ccc(F)cc1. The number of nitrogens with one attached hydrogen (secondary N) is 2. The van der Waals surface area contributed by atoms with Gasteiger partial charge in [-0.3, -0.25) is 4.79 Å². The summed E-state index contributed by atoms with van der Waals surface area (Å²) in [6.45, 7) is 0. The van der Waals surface area contributed by atoms with Crippen LogP contribution in [0.3, 0.4) is 0 Å². The molecule has 2 aromatic rings. The van der Waals surface area contributed by atoms with Crippen molar-refractivity contribution in [1.29, 1.82) is 0 Å². The first kappa shape index (κ1) is 17.1. The van der Waals surface area contributed by atoms with Gasteiger partial charge < -0.3 is 10.0 Å². The molecule has 0 aliphatic heterocycles. The summed E-state index contributed by atoms with van der Waals surface area (Å²) in [5, 5.41) is 2.34. The summed E-state index contributed by atoms with van der Waals surface area (Å²) in [6.07, 6.45) is -2.25. The maximum atomic E-state index is 12.8. The first-order valence-corrected chi connectivity index (χ1v) is 7.47. The maximum Gasteiger partial charge on any atom is 0.417 e. The Kier molecular flexibility index (Phi) is 5.09. The largest absolute Gasteiger partial charge is 0.417 e. The molecule has 9 heteroatoms.